The zero-order valence-electron chi connectivity index (χ0n) is 15.2. The molecule has 0 aliphatic carbocycles. The van der Waals surface area contributed by atoms with Crippen LogP contribution in [0, 0.1) is 6.92 Å². The number of carbonyl (C=O) groups is 2. The summed E-state index contributed by atoms with van der Waals surface area (Å²) in [5.41, 5.74) is 2.18. The molecule has 0 radical (unpaired) electrons. The van der Waals surface area contributed by atoms with E-state index in [4.69, 9.17) is 14.2 Å². The Morgan fingerprint density at radius 3 is 2.67 bits per heavy atom. The minimum Gasteiger partial charge on any atom is -0.486 e. The van der Waals surface area contributed by atoms with E-state index in [1.807, 2.05) is 25.1 Å². The molecule has 4 rings (SSSR count). The fourth-order valence-corrected chi connectivity index (χ4v) is 3.15. The SMILES string of the molecule is Cc1ccc2c(c1)N(CC(=O)Nc1ccc3c(c1)OCCO3)C(=O)[C@@H](C)O2. The van der Waals surface area contributed by atoms with Gasteiger partial charge in [0.05, 0.1) is 5.69 Å². The Kier molecular flexibility index (Phi) is 4.35. The molecular weight excluding hydrogens is 348 g/mol. The third kappa shape index (κ3) is 3.40. The molecule has 0 aromatic heterocycles. The van der Waals surface area contributed by atoms with Crippen molar-refractivity contribution in [2.24, 2.45) is 0 Å². The normalized spacial score (nSPS) is 17.8. The summed E-state index contributed by atoms with van der Waals surface area (Å²) in [5.74, 6) is 1.30. The van der Waals surface area contributed by atoms with Gasteiger partial charge in [-0.15, -0.1) is 0 Å². The number of ether oxygens (including phenoxy) is 3. The van der Waals surface area contributed by atoms with Crippen LogP contribution < -0.4 is 24.4 Å². The number of carbonyl (C=O) groups excluding carboxylic acids is 2. The minimum absolute atomic E-state index is 0.0998. The number of benzene rings is 2. The van der Waals surface area contributed by atoms with Crippen molar-refractivity contribution < 1.29 is 23.8 Å². The van der Waals surface area contributed by atoms with Crippen molar-refractivity contribution in [1.82, 2.24) is 0 Å². The van der Waals surface area contributed by atoms with Gasteiger partial charge in [-0.25, -0.2) is 0 Å². The van der Waals surface area contributed by atoms with Crippen LogP contribution in [0.3, 0.4) is 0 Å². The first kappa shape index (κ1) is 17.2. The number of hydrogen-bond donors (Lipinski definition) is 1. The fraction of sp³-hybridized carbons (Fsp3) is 0.300. The molecule has 1 N–H and O–H groups in total. The van der Waals surface area contributed by atoms with Gasteiger partial charge in [-0.1, -0.05) is 6.07 Å². The molecule has 2 amide bonds. The first-order valence-electron chi connectivity index (χ1n) is 8.79. The molecule has 140 valence electrons. The van der Waals surface area contributed by atoms with Crippen molar-refractivity contribution in [3.05, 3.63) is 42.0 Å². The second kappa shape index (κ2) is 6.83. The van der Waals surface area contributed by atoms with Gasteiger partial charge in [0.25, 0.3) is 5.91 Å². The molecule has 2 heterocycles. The van der Waals surface area contributed by atoms with Gasteiger partial charge in [-0.2, -0.15) is 0 Å². The third-order valence-electron chi connectivity index (χ3n) is 4.45. The van der Waals surface area contributed by atoms with Crippen LogP contribution in [0.4, 0.5) is 11.4 Å². The zero-order valence-corrected chi connectivity index (χ0v) is 15.2. The number of anilines is 2. The molecule has 2 aliphatic rings. The van der Waals surface area contributed by atoms with E-state index in [9.17, 15) is 9.59 Å². The first-order valence-corrected chi connectivity index (χ1v) is 8.79. The Labute approximate surface area is 156 Å². The van der Waals surface area contributed by atoms with Crippen LogP contribution in [-0.2, 0) is 9.59 Å². The summed E-state index contributed by atoms with van der Waals surface area (Å²) in [5, 5.41) is 2.81. The maximum absolute atomic E-state index is 12.6. The maximum atomic E-state index is 12.6. The van der Waals surface area contributed by atoms with Gasteiger partial charge in [-0.05, 0) is 43.7 Å². The number of rotatable bonds is 3. The van der Waals surface area contributed by atoms with E-state index in [0.29, 0.717) is 41.8 Å². The highest BCUT2D eigenvalue weighted by Crippen LogP contribution is 2.35. The summed E-state index contributed by atoms with van der Waals surface area (Å²) >= 11 is 0. The molecule has 0 saturated heterocycles. The zero-order chi connectivity index (χ0) is 19.0. The molecule has 27 heavy (non-hydrogen) atoms. The number of nitrogens with one attached hydrogen (secondary N) is 1. The van der Waals surface area contributed by atoms with Gasteiger partial charge in [0.15, 0.2) is 17.6 Å². The number of nitrogens with zero attached hydrogens (tertiary/aromatic N) is 1. The lowest BCUT2D eigenvalue weighted by molar-refractivity contribution is -0.127. The highest BCUT2D eigenvalue weighted by atomic mass is 16.6. The Bertz CT molecular complexity index is 911. The van der Waals surface area contributed by atoms with Crippen LogP contribution in [-0.4, -0.2) is 37.7 Å². The second-order valence-corrected chi connectivity index (χ2v) is 6.56. The quantitative estimate of drug-likeness (QED) is 0.901. The van der Waals surface area contributed by atoms with Crippen LogP contribution in [0.25, 0.3) is 0 Å². The lowest BCUT2D eigenvalue weighted by Crippen LogP contribution is -2.47. The average molecular weight is 368 g/mol. The van der Waals surface area contributed by atoms with Crippen LogP contribution >= 0.6 is 0 Å². The summed E-state index contributed by atoms with van der Waals surface area (Å²) in [6.45, 7) is 4.49. The Balaban J connectivity index is 1.52. The molecule has 2 aliphatic heterocycles. The van der Waals surface area contributed by atoms with E-state index in [0.717, 1.165) is 5.56 Å². The lowest BCUT2D eigenvalue weighted by Gasteiger charge is -2.32. The predicted octanol–water partition coefficient (Wildman–Crippen LogP) is 2.52. The third-order valence-corrected chi connectivity index (χ3v) is 4.45. The van der Waals surface area contributed by atoms with E-state index < -0.39 is 6.10 Å². The molecule has 2 aromatic rings. The molecule has 1 atom stereocenters. The van der Waals surface area contributed by atoms with Crippen molar-refractivity contribution >= 4 is 23.2 Å². The van der Waals surface area contributed by atoms with Gasteiger partial charge in [-0.3, -0.25) is 14.5 Å². The Morgan fingerprint density at radius 2 is 1.85 bits per heavy atom. The van der Waals surface area contributed by atoms with Gasteiger partial charge < -0.3 is 19.5 Å². The van der Waals surface area contributed by atoms with Gasteiger partial charge >= 0.3 is 0 Å². The van der Waals surface area contributed by atoms with Gasteiger partial charge in [0, 0.05) is 11.8 Å². The van der Waals surface area contributed by atoms with Crippen molar-refractivity contribution in [2.75, 3.05) is 30.0 Å². The maximum Gasteiger partial charge on any atom is 0.268 e. The summed E-state index contributed by atoms with van der Waals surface area (Å²) in [6.07, 6.45) is -0.637. The fourth-order valence-electron chi connectivity index (χ4n) is 3.15. The van der Waals surface area contributed by atoms with Crippen LogP contribution in [0.5, 0.6) is 17.2 Å². The summed E-state index contributed by atoms with van der Waals surface area (Å²) in [7, 11) is 0. The monoisotopic (exact) mass is 368 g/mol. The first-order chi connectivity index (χ1) is 13.0. The number of fused-ring (bicyclic) bond motifs is 2. The highest BCUT2D eigenvalue weighted by Gasteiger charge is 2.32. The van der Waals surface area contributed by atoms with Crippen molar-refractivity contribution in [3.63, 3.8) is 0 Å². The number of hydrogen-bond acceptors (Lipinski definition) is 5. The van der Waals surface area contributed by atoms with Gasteiger partial charge in [0.1, 0.15) is 25.5 Å². The largest absolute Gasteiger partial charge is 0.486 e. The summed E-state index contributed by atoms with van der Waals surface area (Å²) in [4.78, 5) is 26.6. The van der Waals surface area contributed by atoms with E-state index >= 15 is 0 Å². The standard InChI is InChI=1S/C20H20N2O5/c1-12-3-5-16-15(9-12)22(20(24)13(2)27-16)11-19(23)21-14-4-6-17-18(10-14)26-8-7-25-17/h3-6,9-10,13H,7-8,11H2,1-2H3,(H,21,23)/t13-/m1/s1. The molecule has 0 saturated carbocycles. The molecule has 7 nitrogen and oxygen atoms in total. The van der Waals surface area contributed by atoms with Crippen LogP contribution in [0.1, 0.15) is 12.5 Å². The molecule has 2 aromatic carbocycles. The lowest BCUT2D eigenvalue weighted by atomic mass is 10.1. The van der Waals surface area contributed by atoms with Crippen molar-refractivity contribution in [3.8, 4) is 17.2 Å². The topological polar surface area (TPSA) is 77.1 Å². The molecule has 0 fully saturated rings. The number of aryl methyl sites for hydroxylation is 1. The van der Waals surface area contributed by atoms with Gasteiger partial charge in [0.2, 0.25) is 5.91 Å². The van der Waals surface area contributed by atoms with Crippen molar-refractivity contribution in [1.29, 1.82) is 0 Å². The molecule has 0 spiro atoms. The van der Waals surface area contributed by atoms with E-state index in [-0.39, 0.29) is 18.4 Å². The minimum atomic E-state index is -0.637. The van der Waals surface area contributed by atoms with E-state index in [1.54, 1.807) is 25.1 Å². The Morgan fingerprint density at radius 1 is 1.11 bits per heavy atom. The molecule has 0 bridgehead atoms. The molecule has 0 unspecified atom stereocenters. The summed E-state index contributed by atoms with van der Waals surface area (Å²) < 4.78 is 16.6. The van der Waals surface area contributed by atoms with Crippen molar-refractivity contribution in [2.45, 2.75) is 20.0 Å². The highest BCUT2D eigenvalue weighted by molar-refractivity contribution is 6.06. The molecule has 7 heteroatoms. The Hall–Kier alpha value is -3.22. The predicted molar refractivity (Wildman–Crippen MR) is 99.7 cm³/mol. The number of amides is 2. The molecular formula is C20H20N2O5. The van der Waals surface area contributed by atoms with Crippen LogP contribution in [0.2, 0.25) is 0 Å². The van der Waals surface area contributed by atoms with E-state index in [2.05, 4.69) is 5.32 Å². The average Bonchev–Trinajstić information content (AvgIpc) is 2.66. The second-order valence-electron chi connectivity index (χ2n) is 6.56. The van der Waals surface area contributed by atoms with Crippen LogP contribution in [0.15, 0.2) is 36.4 Å². The summed E-state index contributed by atoms with van der Waals surface area (Å²) in [6, 6.07) is 10.8. The van der Waals surface area contributed by atoms with E-state index in [1.165, 1.54) is 4.90 Å². The smallest absolute Gasteiger partial charge is 0.268 e.